The molecule has 3 aromatic heterocycles. The van der Waals surface area contributed by atoms with Crippen molar-refractivity contribution in [2.24, 2.45) is 0 Å². The zero-order valence-electron chi connectivity index (χ0n) is 10.5. The molecule has 0 aliphatic heterocycles. The fourth-order valence-electron chi connectivity index (χ4n) is 2.17. The van der Waals surface area contributed by atoms with Gasteiger partial charge in [0.2, 0.25) is 0 Å². The summed E-state index contributed by atoms with van der Waals surface area (Å²) in [5, 5.41) is 4.57. The molecule has 3 aromatic rings. The lowest BCUT2D eigenvalue weighted by Crippen LogP contribution is -2.01. The van der Waals surface area contributed by atoms with Gasteiger partial charge in [-0.15, -0.1) is 5.10 Å². The van der Waals surface area contributed by atoms with Gasteiger partial charge in [-0.05, 0) is 45.0 Å². The van der Waals surface area contributed by atoms with Crippen LogP contribution in [0.4, 0.5) is 0 Å². The summed E-state index contributed by atoms with van der Waals surface area (Å²) in [4.78, 5) is 4.58. The van der Waals surface area contributed by atoms with Gasteiger partial charge in [-0.3, -0.25) is 4.57 Å². The number of halogens is 1. The van der Waals surface area contributed by atoms with Gasteiger partial charge in [-0.2, -0.15) is 4.98 Å². The zero-order valence-corrected chi connectivity index (χ0v) is 12.1. The van der Waals surface area contributed by atoms with Crippen molar-refractivity contribution in [3.8, 4) is 5.95 Å². The van der Waals surface area contributed by atoms with Crippen molar-refractivity contribution < 1.29 is 0 Å². The van der Waals surface area contributed by atoms with Crippen LogP contribution in [0.25, 0.3) is 11.6 Å². The van der Waals surface area contributed by atoms with Crippen LogP contribution in [0.1, 0.15) is 17.1 Å². The van der Waals surface area contributed by atoms with Gasteiger partial charge in [0.25, 0.3) is 5.95 Å². The first kappa shape index (κ1) is 11.5. The highest BCUT2D eigenvalue weighted by Gasteiger charge is 2.11. The van der Waals surface area contributed by atoms with Crippen LogP contribution in [-0.2, 0) is 0 Å². The summed E-state index contributed by atoms with van der Waals surface area (Å²) in [5.41, 5.74) is 4.19. The van der Waals surface area contributed by atoms with E-state index in [2.05, 4.69) is 56.6 Å². The number of fused-ring (bicyclic) bond motifs is 1. The molecule has 0 bridgehead atoms. The van der Waals surface area contributed by atoms with Crippen molar-refractivity contribution in [2.45, 2.75) is 20.8 Å². The van der Waals surface area contributed by atoms with Crippen LogP contribution in [0.15, 0.2) is 28.7 Å². The second-order valence-electron chi connectivity index (χ2n) is 4.45. The SMILES string of the molecule is Cc1ccc(C)n1-c1nc2cc(Br)cc(C)n2n1. The average molecular weight is 305 g/mol. The molecule has 0 radical (unpaired) electrons. The molecule has 0 atom stereocenters. The largest absolute Gasteiger partial charge is 0.286 e. The molecule has 92 valence electrons. The van der Waals surface area contributed by atoms with Crippen LogP contribution in [-0.4, -0.2) is 19.2 Å². The van der Waals surface area contributed by atoms with Crippen LogP contribution in [0, 0.1) is 20.8 Å². The van der Waals surface area contributed by atoms with E-state index in [0.29, 0.717) is 0 Å². The van der Waals surface area contributed by atoms with Crippen molar-refractivity contribution in [3.05, 3.63) is 45.8 Å². The minimum Gasteiger partial charge on any atom is -0.286 e. The first-order valence-electron chi connectivity index (χ1n) is 5.74. The van der Waals surface area contributed by atoms with Crippen LogP contribution in [0.5, 0.6) is 0 Å². The highest BCUT2D eigenvalue weighted by Crippen LogP contribution is 2.18. The first-order chi connectivity index (χ1) is 8.56. The lowest BCUT2D eigenvalue weighted by atomic mass is 10.4. The summed E-state index contributed by atoms with van der Waals surface area (Å²) >= 11 is 3.48. The minimum atomic E-state index is 0.719. The summed E-state index contributed by atoms with van der Waals surface area (Å²) in [7, 11) is 0. The highest BCUT2D eigenvalue weighted by atomic mass is 79.9. The Bertz CT molecular complexity index is 719. The Morgan fingerprint density at radius 1 is 1.00 bits per heavy atom. The standard InChI is InChI=1S/C13H13BrN4/c1-8-4-5-9(2)17(8)13-15-12-7-11(14)6-10(3)18(12)16-13/h4-7H,1-3H3. The van der Waals surface area contributed by atoms with Gasteiger partial charge in [-0.25, -0.2) is 4.52 Å². The Hall–Kier alpha value is -1.62. The van der Waals surface area contributed by atoms with E-state index in [1.54, 1.807) is 0 Å². The van der Waals surface area contributed by atoms with Crippen molar-refractivity contribution in [1.82, 2.24) is 19.2 Å². The molecule has 18 heavy (non-hydrogen) atoms. The summed E-state index contributed by atoms with van der Waals surface area (Å²) < 4.78 is 4.94. The number of hydrogen-bond donors (Lipinski definition) is 0. The van der Waals surface area contributed by atoms with Crippen LogP contribution in [0.2, 0.25) is 0 Å². The third kappa shape index (κ3) is 1.66. The Labute approximate surface area is 113 Å². The molecule has 0 fully saturated rings. The van der Waals surface area contributed by atoms with Crippen LogP contribution >= 0.6 is 15.9 Å². The quantitative estimate of drug-likeness (QED) is 0.692. The number of rotatable bonds is 1. The van der Waals surface area contributed by atoms with E-state index in [1.165, 1.54) is 0 Å². The molecule has 0 amide bonds. The van der Waals surface area contributed by atoms with Gasteiger partial charge in [0.05, 0.1) is 0 Å². The van der Waals surface area contributed by atoms with E-state index in [1.807, 2.05) is 23.6 Å². The van der Waals surface area contributed by atoms with Crippen molar-refractivity contribution >= 4 is 21.6 Å². The van der Waals surface area contributed by atoms with E-state index in [0.717, 1.165) is 33.2 Å². The van der Waals surface area contributed by atoms with Gasteiger partial charge in [-0.1, -0.05) is 15.9 Å². The van der Waals surface area contributed by atoms with Crippen molar-refractivity contribution in [2.75, 3.05) is 0 Å². The summed E-state index contributed by atoms with van der Waals surface area (Å²) in [6.45, 7) is 6.13. The Balaban J connectivity index is 2.29. The van der Waals surface area contributed by atoms with Gasteiger partial charge < -0.3 is 0 Å². The molecular formula is C13H13BrN4. The van der Waals surface area contributed by atoms with Crippen LogP contribution < -0.4 is 0 Å². The molecule has 3 rings (SSSR count). The van der Waals surface area contributed by atoms with Gasteiger partial charge in [0.15, 0.2) is 5.65 Å². The van der Waals surface area contributed by atoms with E-state index < -0.39 is 0 Å². The summed E-state index contributed by atoms with van der Waals surface area (Å²) in [5.74, 6) is 0.719. The van der Waals surface area contributed by atoms with E-state index in [-0.39, 0.29) is 0 Å². The summed E-state index contributed by atoms with van der Waals surface area (Å²) in [6, 6.07) is 8.14. The number of hydrogen-bond acceptors (Lipinski definition) is 2. The number of pyridine rings is 1. The van der Waals surface area contributed by atoms with E-state index in [9.17, 15) is 0 Å². The van der Waals surface area contributed by atoms with Crippen LogP contribution in [0.3, 0.4) is 0 Å². The number of aryl methyl sites for hydroxylation is 3. The topological polar surface area (TPSA) is 35.1 Å². The smallest absolute Gasteiger partial charge is 0.254 e. The number of aromatic nitrogens is 4. The molecule has 0 aliphatic rings. The fourth-order valence-corrected chi connectivity index (χ4v) is 2.71. The third-order valence-corrected chi connectivity index (χ3v) is 3.50. The number of nitrogens with zero attached hydrogens (tertiary/aromatic N) is 4. The molecule has 0 N–H and O–H groups in total. The molecule has 5 heteroatoms. The predicted molar refractivity (Wildman–Crippen MR) is 74.2 cm³/mol. The average Bonchev–Trinajstić information content (AvgIpc) is 2.82. The van der Waals surface area contributed by atoms with E-state index in [4.69, 9.17) is 0 Å². The molecule has 4 nitrogen and oxygen atoms in total. The van der Waals surface area contributed by atoms with Gasteiger partial charge in [0, 0.05) is 21.6 Å². The first-order valence-corrected chi connectivity index (χ1v) is 6.54. The Kier molecular flexibility index (Phi) is 2.52. The normalized spacial score (nSPS) is 11.3. The van der Waals surface area contributed by atoms with Gasteiger partial charge >= 0.3 is 0 Å². The molecule has 0 unspecified atom stereocenters. The zero-order chi connectivity index (χ0) is 12.9. The highest BCUT2D eigenvalue weighted by molar-refractivity contribution is 9.10. The lowest BCUT2D eigenvalue weighted by molar-refractivity contribution is 0.836. The fraction of sp³-hybridized carbons (Fsp3) is 0.231. The molecular weight excluding hydrogens is 292 g/mol. The molecule has 0 aromatic carbocycles. The summed E-state index contributed by atoms with van der Waals surface area (Å²) in [6.07, 6.45) is 0. The maximum absolute atomic E-state index is 4.58. The molecule has 0 saturated heterocycles. The monoisotopic (exact) mass is 304 g/mol. The van der Waals surface area contributed by atoms with E-state index >= 15 is 0 Å². The molecule has 0 spiro atoms. The maximum Gasteiger partial charge on any atom is 0.254 e. The molecule has 0 aliphatic carbocycles. The minimum absolute atomic E-state index is 0.719. The molecule has 0 saturated carbocycles. The maximum atomic E-state index is 4.58. The predicted octanol–water partition coefficient (Wildman–Crippen LogP) is 3.21. The van der Waals surface area contributed by atoms with Crippen molar-refractivity contribution in [3.63, 3.8) is 0 Å². The second-order valence-corrected chi connectivity index (χ2v) is 5.36. The Morgan fingerprint density at radius 2 is 1.67 bits per heavy atom. The molecule has 3 heterocycles. The second kappa shape index (κ2) is 3.95. The third-order valence-electron chi connectivity index (χ3n) is 3.04. The lowest BCUT2D eigenvalue weighted by Gasteiger charge is -2.02. The van der Waals surface area contributed by atoms with Crippen molar-refractivity contribution in [1.29, 1.82) is 0 Å². The van der Waals surface area contributed by atoms with Gasteiger partial charge in [0.1, 0.15) is 0 Å². The Morgan fingerprint density at radius 3 is 2.33 bits per heavy atom.